The molecule has 1 amide bonds. The fourth-order valence-electron chi connectivity index (χ4n) is 2.46. The average molecular weight is 368 g/mol. The van der Waals surface area contributed by atoms with Crippen LogP contribution in [0.5, 0.6) is 11.5 Å². The number of carbonyl (C=O) groups excluding carboxylic acids is 1. The van der Waals surface area contributed by atoms with Gasteiger partial charge in [0.1, 0.15) is 6.61 Å². The maximum atomic E-state index is 12.3. The molecule has 0 saturated heterocycles. The molecule has 2 heterocycles. The van der Waals surface area contributed by atoms with E-state index in [1.165, 1.54) is 4.88 Å². The number of aryl methyl sites for hydroxylation is 1. The Balaban J connectivity index is 1.67. The number of nitrogens with one attached hydrogen (secondary N) is 1. The van der Waals surface area contributed by atoms with Crippen LogP contribution in [0.2, 0.25) is 0 Å². The Morgan fingerprint density at radius 2 is 2.08 bits per heavy atom. The summed E-state index contributed by atoms with van der Waals surface area (Å²) >= 11 is 1.63. The third-order valence-corrected chi connectivity index (χ3v) is 4.70. The van der Waals surface area contributed by atoms with Crippen molar-refractivity contribution in [2.24, 2.45) is 0 Å². The molecule has 0 spiro atoms. The molecule has 0 atom stereocenters. The summed E-state index contributed by atoms with van der Waals surface area (Å²) in [5.74, 6) is 1.12. The predicted molar refractivity (Wildman–Crippen MR) is 103 cm³/mol. The highest BCUT2D eigenvalue weighted by Crippen LogP contribution is 2.31. The van der Waals surface area contributed by atoms with Gasteiger partial charge in [0.05, 0.1) is 13.5 Å². The summed E-state index contributed by atoms with van der Waals surface area (Å²) < 4.78 is 11.2. The summed E-state index contributed by atoms with van der Waals surface area (Å²) in [6.45, 7) is 2.40. The molecule has 0 aliphatic carbocycles. The minimum Gasteiger partial charge on any atom is -0.493 e. The molecule has 26 heavy (non-hydrogen) atoms. The number of aromatic nitrogens is 1. The fourth-order valence-corrected chi connectivity index (χ4v) is 3.34. The molecule has 0 saturated carbocycles. The summed E-state index contributed by atoms with van der Waals surface area (Å²) in [5.41, 5.74) is 1.63. The van der Waals surface area contributed by atoms with Gasteiger partial charge < -0.3 is 14.8 Å². The summed E-state index contributed by atoms with van der Waals surface area (Å²) in [4.78, 5) is 18.6. The van der Waals surface area contributed by atoms with Gasteiger partial charge >= 0.3 is 0 Å². The van der Waals surface area contributed by atoms with E-state index in [4.69, 9.17) is 9.47 Å². The summed E-state index contributed by atoms with van der Waals surface area (Å²) in [6, 6.07) is 13.2. The van der Waals surface area contributed by atoms with Crippen molar-refractivity contribution in [1.82, 2.24) is 4.98 Å². The van der Waals surface area contributed by atoms with Crippen molar-refractivity contribution in [3.63, 3.8) is 0 Å². The highest BCUT2D eigenvalue weighted by molar-refractivity contribution is 7.12. The Kier molecular flexibility index (Phi) is 5.86. The van der Waals surface area contributed by atoms with Crippen molar-refractivity contribution >= 4 is 22.9 Å². The smallest absolute Gasteiger partial charge is 0.229 e. The molecule has 1 N–H and O–H groups in total. The number of hydrogen-bond donors (Lipinski definition) is 1. The van der Waals surface area contributed by atoms with Crippen molar-refractivity contribution in [3.05, 3.63) is 70.2 Å². The van der Waals surface area contributed by atoms with Gasteiger partial charge in [0.15, 0.2) is 11.5 Å². The number of anilines is 1. The molecule has 1 aromatic carbocycles. The van der Waals surface area contributed by atoms with E-state index in [0.717, 1.165) is 10.4 Å². The second-order valence-corrected chi connectivity index (χ2v) is 7.13. The molecule has 0 aliphatic rings. The molecule has 3 aromatic rings. The minimum atomic E-state index is -0.0600. The molecule has 3 rings (SSSR count). The molecule has 0 unspecified atom stereocenters. The zero-order valence-electron chi connectivity index (χ0n) is 14.7. The van der Waals surface area contributed by atoms with Crippen molar-refractivity contribution in [2.45, 2.75) is 20.0 Å². The van der Waals surface area contributed by atoms with Gasteiger partial charge in [-0.25, -0.2) is 0 Å². The molecule has 0 aliphatic heterocycles. The highest BCUT2D eigenvalue weighted by atomic mass is 32.1. The Morgan fingerprint density at radius 3 is 2.77 bits per heavy atom. The molecular weight excluding hydrogens is 348 g/mol. The van der Waals surface area contributed by atoms with Gasteiger partial charge in [-0.1, -0.05) is 6.07 Å². The van der Waals surface area contributed by atoms with Crippen molar-refractivity contribution in [3.8, 4) is 11.5 Å². The average Bonchev–Trinajstić information content (AvgIpc) is 3.05. The first-order valence-electron chi connectivity index (χ1n) is 8.19. The second kappa shape index (κ2) is 8.49. The number of ether oxygens (including phenoxy) is 2. The Hall–Kier alpha value is -2.86. The summed E-state index contributed by atoms with van der Waals surface area (Å²) in [6.07, 6.45) is 3.83. The summed E-state index contributed by atoms with van der Waals surface area (Å²) in [5, 5.41) is 2.91. The van der Waals surface area contributed by atoms with Crippen LogP contribution in [0.3, 0.4) is 0 Å². The summed E-state index contributed by atoms with van der Waals surface area (Å²) in [7, 11) is 1.59. The lowest BCUT2D eigenvalue weighted by Crippen LogP contribution is -2.13. The SMILES string of the molecule is COc1ccc(NC(=O)Cc2ccc(C)s2)cc1OCc1cccnc1. The second-order valence-electron chi connectivity index (χ2n) is 5.75. The lowest BCUT2D eigenvalue weighted by atomic mass is 10.2. The van der Waals surface area contributed by atoms with Crippen LogP contribution in [0, 0.1) is 6.92 Å². The molecule has 0 fully saturated rings. The predicted octanol–water partition coefficient (Wildman–Crippen LogP) is 4.22. The molecule has 5 nitrogen and oxygen atoms in total. The molecule has 134 valence electrons. The number of amides is 1. The largest absolute Gasteiger partial charge is 0.493 e. The standard InChI is InChI=1S/C20H20N2O3S/c1-14-5-7-17(26-14)11-20(23)22-16-6-8-18(24-2)19(10-16)25-13-15-4-3-9-21-12-15/h3-10,12H,11,13H2,1-2H3,(H,22,23). The van der Waals surface area contributed by atoms with E-state index in [2.05, 4.69) is 10.3 Å². The monoisotopic (exact) mass is 368 g/mol. The van der Waals surface area contributed by atoms with Crippen molar-refractivity contribution in [1.29, 1.82) is 0 Å². The normalized spacial score (nSPS) is 10.4. The van der Waals surface area contributed by atoms with Crippen LogP contribution in [0.4, 0.5) is 5.69 Å². The third kappa shape index (κ3) is 4.83. The first kappa shape index (κ1) is 17.9. The number of pyridine rings is 1. The number of thiophene rings is 1. The number of methoxy groups -OCH3 is 1. The van der Waals surface area contributed by atoms with Crippen LogP contribution >= 0.6 is 11.3 Å². The number of nitrogens with zero attached hydrogens (tertiary/aromatic N) is 1. The minimum absolute atomic E-state index is 0.0600. The topological polar surface area (TPSA) is 60.5 Å². The van der Waals surface area contributed by atoms with Gasteiger partial charge in [0.25, 0.3) is 0 Å². The number of rotatable bonds is 7. The lowest BCUT2D eigenvalue weighted by Gasteiger charge is -2.13. The number of benzene rings is 1. The first-order valence-corrected chi connectivity index (χ1v) is 9.00. The van der Waals surface area contributed by atoms with E-state index in [9.17, 15) is 4.79 Å². The van der Waals surface area contributed by atoms with Gasteiger partial charge in [0.2, 0.25) is 5.91 Å². The van der Waals surface area contributed by atoms with Crippen molar-refractivity contribution in [2.75, 3.05) is 12.4 Å². The third-order valence-electron chi connectivity index (χ3n) is 3.70. The molecule has 6 heteroatoms. The van der Waals surface area contributed by atoms with Crippen molar-refractivity contribution < 1.29 is 14.3 Å². The molecule has 0 bridgehead atoms. The van der Waals surface area contributed by atoms with Crippen LogP contribution < -0.4 is 14.8 Å². The van der Waals surface area contributed by atoms with E-state index in [0.29, 0.717) is 30.2 Å². The van der Waals surface area contributed by atoms with Crippen LogP contribution in [-0.4, -0.2) is 18.0 Å². The fraction of sp³-hybridized carbons (Fsp3) is 0.200. The van der Waals surface area contributed by atoms with Gasteiger partial charge in [-0.15, -0.1) is 11.3 Å². The molecule has 2 aromatic heterocycles. The van der Waals surface area contributed by atoms with Gasteiger partial charge in [-0.05, 0) is 37.3 Å². The van der Waals surface area contributed by atoms with E-state index < -0.39 is 0 Å². The number of hydrogen-bond acceptors (Lipinski definition) is 5. The van der Waals surface area contributed by atoms with Crippen LogP contribution in [-0.2, 0) is 17.8 Å². The maximum Gasteiger partial charge on any atom is 0.229 e. The van der Waals surface area contributed by atoms with E-state index in [-0.39, 0.29) is 5.91 Å². The van der Waals surface area contributed by atoms with Crippen LogP contribution in [0.1, 0.15) is 15.3 Å². The zero-order chi connectivity index (χ0) is 18.4. The Bertz CT molecular complexity index is 878. The Morgan fingerprint density at radius 1 is 1.19 bits per heavy atom. The lowest BCUT2D eigenvalue weighted by molar-refractivity contribution is -0.115. The quantitative estimate of drug-likeness (QED) is 0.678. The van der Waals surface area contributed by atoms with Gasteiger partial charge in [-0.3, -0.25) is 9.78 Å². The van der Waals surface area contributed by atoms with E-state index >= 15 is 0 Å². The van der Waals surface area contributed by atoms with Gasteiger partial charge in [0, 0.05) is 39.5 Å². The zero-order valence-corrected chi connectivity index (χ0v) is 15.5. The van der Waals surface area contributed by atoms with E-state index in [1.54, 1.807) is 49.0 Å². The Labute approximate surface area is 156 Å². The molecular formula is C20H20N2O3S. The van der Waals surface area contributed by atoms with E-state index in [1.807, 2.05) is 31.2 Å². The van der Waals surface area contributed by atoms with Gasteiger partial charge in [-0.2, -0.15) is 0 Å². The van der Waals surface area contributed by atoms with Crippen LogP contribution in [0.15, 0.2) is 54.9 Å². The first-order chi connectivity index (χ1) is 12.6. The number of carbonyl (C=O) groups is 1. The maximum absolute atomic E-state index is 12.3. The highest BCUT2D eigenvalue weighted by Gasteiger charge is 2.10. The van der Waals surface area contributed by atoms with Crippen LogP contribution in [0.25, 0.3) is 0 Å². The molecule has 0 radical (unpaired) electrons.